The molecular weight excluding hydrogens is 212 g/mol. The van der Waals surface area contributed by atoms with Gasteiger partial charge >= 0.3 is 6.09 Å². The van der Waals surface area contributed by atoms with E-state index in [-0.39, 0.29) is 25.8 Å². The molecule has 6 heteroatoms. The topological polar surface area (TPSA) is 82.0 Å². The molecule has 0 spiro atoms. The number of hydrogen-bond acceptors (Lipinski definition) is 5. The Hall–Kier alpha value is -1.11. The Morgan fingerprint density at radius 2 is 2.38 bits per heavy atom. The van der Waals surface area contributed by atoms with Crippen LogP contribution in [-0.2, 0) is 4.74 Å². The van der Waals surface area contributed by atoms with Gasteiger partial charge in [0.15, 0.2) is 0 Å². The van der Waals surface area contributed by atoms with Crippen molar-refractivity contribution in [1.29, 1.82) is 0 Å². The fourth-order valence-corrected chi connectivity index (χ4v) is 1.36. The number of aliphatic hydroxyl groups is 2. The molecule has 92 valence electrons. The maximum Gasteiger partial charge on any atom is 0.410 e. The molecule has 0 aliphatic carbocycles. The van der Waals surface area contributed by atoms with Gasteiger partial charge in [-0.2, -0.15) is 0 Å². The van der Waals surface area contributed by atoms with Crippen molar-refractivity contribution in [3.8, 4) is 0 Å². The smallest absolute Gasteiger partial charge is 0.410 e. The van der Waals surface area contributed by atoms with Gasteiger partial charge in [0.2, 0.25) is 0 Å². The van der Waals surface area contributed by atoms with Gasteiger partial charge in [-0.25, -0.2) is 4.79 Å². The second-order valence-corrected chi connectivity index (χ2v) is 3.67. The van der Waals surface area contributed by atoms with E-state index < -0.39 is 12.2 Å². The monoisotopic (exact) mass is 230 g/mol. The van der Waals surface area contributed by atoms with Crippen molar-refractivity contribution in [2.45, 2.75) is 12.1 Å². The average molecular weight is 230 g/mol. The molecule has 1 aliphatic heterocycles. The van der Waals surface area contributed by atoms with Crippen LogP contribution in [0.25, 0.3) is 0 Å². The van der Waals surface area contributed by atoms with Crippen LogP contribution in [0.2, 0.25) is 0 Å². The molecule has 0 aromatic carbocycles. The van der Waals surface area contributed by atoms with Crippen LogP contribution < -0.4 is 5.32 Å². The van der Waals surface area contributed by atoms with Crippen LogP contribution in [0.4, 0.5) is 4.79 Å². The molecule has 0 aromatic heterocycles. The second-order valence-electron chi connectivity index (χ2n) is 3.67. The number of amides is 1. The molecule has 1 atom stereocenters. The third-order valence-electron chi connectivity index (χ3n) is 2.38. The maximum absolute atomic E-state index is 11.6. The van der Waals surface area contributed by atoms with Gasteiger partial charge in [-0.3, -0.25) is 4.90 Å². The van der Waals surface area contributed by atoms with E-state index in [1.54, 1.807) is 0 Å². The first-order valence-corrected chi connectivity index (χ1v) is 5.23. The molecule has 3 N–H and O–H groups in total. The summed E-state index contributed by atoms with van der Waals surface area (Å²) in [5, 5.41) is 21.1. The van der Waals surface area contributed by atoms with Crippen molar-refractivity contribution in [1.82, 2.24) is 10.2 Å². The third kappa shape index (κ3) is 3.48. The molecule has 0 aromatic rings. The normalized spacial score (nSPS) is 17.4. The lowest BCUT2D eigenvalue weighted by Gasteiger charge is -2.38. The number of carbonyl (C=O) groups excluding carboxylic acids is 1. The van der Waals surface area contributed by atoms with Crippen molar-refractivity contribution in [3.05, 3.63) is 12.7 Å². The lowest BCUT2D eigenvalue weighted by Crippen LogP contribution is -2.60. The summed E-state index contributed by atoms with van der Waals surface area (Å²) < 4.78 is 4.90. The minimum absolute atomic E-state index is 0.0264. The summed E-state index contributed by atoms with van der Waals surface area (Å²) in [6.45, 7) is 4.67. The summed E-state index contributed by atoms with van der Waals surface area (Å²) in [6.07, 6.45) is 0.0631. The van der Waals surface area contributed by atoms with E-state index in [1.165, 1.54) is 11.0 Å². The van der Waals surface area contributed by atoms with Crippen LogP contribution in [-0.4, -0.2) is 66.2 Å². The standard InChI is InChI=1S/C10H18N2O4/c1-2-3-16-10(15)12(6-9(14)7-13)8-4-11-5-8/h2,8-9,11,13-14H,1,3-7H2/t9-/m0/s1. The van der Waals surface area contributed by atoms with Gasteiger partial charge in [0.05, 0.1) is 25.3 Å². The first-order chi connectivity index (χ1) is 7.69. The minimum Gasteiger partial charge on any atom is -0.445 e. The van der Waals surface area contributed by atoms with E-state index >= 15 is 0 Å². The van der Waals surface area contributed by atoms with E-state index in [4.69, 9.17) is 9.84 Å². The van der Waals surface area contributed by atoms with Crippen LogP contribution in [0.5, 0.6) is 0 Å². The van der Waals surface area contributed by atoms with E-state index in [2.05, 4.69) is 11.9 Å². The second kappa shape index (κ2) is 6.47. The first kappa shape index (κ1) is 13.0. The Balaban J connectivity index is 2.48. The molecule has 0 saturated carbocycles. The highest BCUT2D eigenvalue weighted by molar-refractivity contribution is 5.68. The van der Waals surface area contributed by atoms with Gasteiger partial charge in [0.1, 0.15) is 6.61 Å². The minimum atomic E-state index is -0.933. The SMILES string of the molecule is C=CCOC(=O)N(C[C@H](O)CO)C1CNC1. The van der Waals surface area contributed by atoms with Crippen LogP contribution in [0.1, 0.15) is 0 Å². The number of rotatable bonds is 6. The Kier molecular flexibility index (Phi) is 5.24. The van der Waals surface area contributed by atoms with Crippen LogP contribution >= 0.6 is 0 Å². The zero-order valence-corrected chi connectivity index (χ0v) is 9.13. The van der Waals surface area contributed by atoms with Crippen molar-refractivity contribution >= 4 is 6.09 Å². The fourth-order valence-electron chi connectivity index (χ4n) is 1.36. The molecule has 0 radical (unpaired) electrons. The zero-order chi connectivity index (χ0) is 12.0. The van der Waals surface area contributed by atoms with Gasteiger partial charge in [0.25, 0.3) is 0 Å². The summed E-state index contributed by atoms with van der Waals surface area (Å²) in [4.78, 5) is 13.1. The number of nitrogens with one attached hydrogen (secondary N) is 1. The highest BCUT2D eigenvalue weighted by Crippen LogP contribution is 2.08. The summed E-state index contributed by atoms with van der Waals surface area (Å²) in [5.41, 5.74) is 0. The van der Waals surface area contributed by atoms with Gasteiger partial charge in [0, 0.05) is 13.1 Å². The Morgan fingerprint density at radius 3 is 2.81 bits per heavy atom. The molecule has 1 fully saturated rings. The first-order valence-electron chi connectivity index (χ1n) is 5.23. The number of nitrogens with zero attached hydrogens (tertiary/aromatic N) is 1. The highest BCUT2D eigenvalue weighted by atomic mass is 16.6. The number of aliphatic hydroxyl groups excluding tert-OH is 2. The van der Waals surface area contributed by atoms with E-state index in [0.717, 1.165) is 0 Å². The van der Waals surface area contributed by atoms with Crippen molar-refractivity contribution in [2.24, 2.45) is 0 Å². The average Bonchev–Trinajstić information content (AvgIpc) is 2.22. The van der Waals surface area contributed by atoms with Crippen LogP contribution in [0.3, 0.4) is 0 Å². The number of ether oxygens (including phenoxy) is 1. The lowest BCUT2D eigenvalue weighted by molar-refractivity contribution is 0.0270. The predicted octanol–water partition coefficient (Wildman–Crippen LogP) is -1.06. The Bertz CT molecular complexity index is 243. The van der Waals surface area contributed by atoms with Gasteiger partial charge in [-0.1, -0.05) is 12.7 Å². The molecule has 1 amide bonds. The Morgan fingerprint density at radius 1 is 1.69 bits per heavy atom. The van der Waals surface area contributed by atoms with Gasteiger partial charge in [-0.15, -0.1) is 0 Å². The third-order valence-corrected chi connectivity index (χ3v) is 2.38. The van der Waals surface area contributed by atoms with Crippen molar-refractivity contribution in [2.75, 3.05) is 32.8 Å². The molecule has 1 heterocycles. The summed E-state index contributed by atoms with van der Waals surface area (Å²) in [6, 6.07) is 0.0264. The summed E-state index contributed by atoms with van der Waals surface area (Å²) >= 11 is 0. The molecule has 1 rings (SSSR count). The molecule has 6 nitrogen and oxygen atoms in total. The van der Waals surface area contributed by atoms with Gasteiger partial charge < -0.3 is 20.3 Å². The van der Waals surface area contributed by atoms with Crippen molar-refractivity contribution in [3.63, 3.8) is 0 Å². The summed E-state index contributed by atoms with van der Waals surface area (Å²) in [7, 11) is 0. The van der Waals surface area contributed by atoms with Crippen LogP contribution in [0, 0.1) is 0 Å². The zero-order valence-electron chi connectivity index (χ0n) is 9.13. The quantitative estimate of drug-likeness (QED) is 0.506. The molecule has 0 bridgehead atoms. The number of carbonyl (C=O) groups is 1. The largest absolute Gasteiger partial charge is 0.445 e. The summed E-state index contributed by atoms with van der Waals surface area (Å²) in [5.74, 6) is 0. The maximum atomic E-state index is 11.6. The molecule has 1 saturated heterocycles. The fraction of sp³-hybridized carbons (Fsp3) is 0.700. The predicted molar refractivity (Wildman–Crippen MR) is 58.0 cm³/mol. The highest BCUT2D eigenvalue weighted by Gasteiger charge is 2.30. The van der Waals surface area contributed by atoms with E-state index in [9.17, 15) is 9.90 Å². The molecule has 16 heavy (non-hydrogen) atoms. The molecule has 1 aliphatic rings. The van der Waals surface area contributed by atoms with E-state index in [0.29, 0.717) is 13.1 Å². The Labute approximate surface area is 94.5 Å². The van der Waals surface area contributed by atoms with Gasteiger partial charge in [-0.05, 0) is 0 Å². The molecule has 0 unspecified atom stereocenters. The van der Waals surface area contributed by atoms with Crippen LogP contribution in [0.15, 0.2) is 12.7 Å². The van der Waals surface area contributed by atoms with E-state index in [1.807, 2.05) is 0 Å². The number of hydrogen-bond donors (Lipinski definition) is 3. The molecular formula is C10H18N2O4. The van der Waals surface area contributed by atoms with Crippen molar-refractivity contribution < 1.29 is 19.7 Å². The lowest BCUT2D eigenvalue weighted by atomic mass is 10.1.